The van der Waals surface area contributed by atoms with E-state index in [2.05, 4.69) is 15.6 Å². The number of fused-ring (bicyclic) bond motifs is 1. The van der Waals surface area contributed by atoms with Crippen LogP contribution in [0.3, 0.4) is 0 Å². The molecule has 9 heteroatoms. The number of aromatic nitrogens is 1. The third kappa shape index (κ3) is 4.68. The van der Waals surface area contributed by atoms with Crippen molar-refractivity contribution in [1.82, 2.24) is 10.3 Å². The molecule has 0 fully saturated rings. The molecule has 1 aromatic heterocycles. The second-order valence-electron chi connectivity index (χ2n) is 6.68. The molecule has 1 aromatic carbocycles. The third-order valence-electron chi connectivity index (χ3n) is 4.48. The van der Waals surface area contributed by atoms with Gasteiger partial charge in [0, 0.05) is 19.3 Å². The van der Waals surface area contributed by atoms with Crippen molar-refractivity contribution in [3.63, 3.8) is 0 Å². The number of nitrogens with zero attached hydrogens (tertiary/aromatic N) is 1. The second-order valence-corrected chi connectivity index (χ2v) is 6.68. The van der Waals surface area contributed by atoms with E-state index in [9.17, 15) is 14.6 Å². The Balaban J connectivity index is 1.61. The minimum Gasteiger partial charge on any atom is -0.534 e. The maximum atomic E-state index is 12.4. The zero-order chi connectivity index (χ0) is 20.1. The van der Waals surface area contributed by atoms with E-state index in [1.54, 1.807) is 24.4 Å². The molecule has 1 aliphatic heterocycles. The number of hydrogen-bond donors (Lipinski definition) is 4. The van der Waals surface area contributed by atoms with Crippen LogP contribution in [0.5, 0.6) is 5.75 Å². The summed E-state index contributed by atoms with van der Waals surface area (Å²) in [6, 6.07) is 8.85. The fraction of sp³-hybridized carbons (Fsp3) is 0.316. The van der Waals surface area contributed by atoms with Crippen LogP contribution in [0, 0.1) is 0 Å². The summed E-state index contributed by atoms with van der Waals surface area (Å²) < 4.78 is 5.53. The van der Waals surface area contributed by atoms with Gasteiger partial charge in [-0.3, -0.25) is 9.59 Å². The number of carbonyl (C=O) groups excluding carboxylic acids is 2. The first-order valence-corrected chi connectivity index (χ1v) is 9.13. The first-order chi connectivity index (χ1) is 13.5. The minimum absolute atomic E-state index is 0.133. The van der Waals surface area contributed by atoms with Crippen LogP contribution in [-0.2, 0) is 17.6 Å². The van der Waals surface area contributed by atoms with Crippen LogP contribution in [0.25, 0.3) is 0 Å². The largest absolute Gasteiger partial charge is 0.547 e. The molecule has 8 nitrogen and oxygen atoms in total. The standard InChI is InChI=1S/C19H23BN4O4/c1-12(25)15-4-2-3-14-10-16(20(27)28-19(14)15)24-18(26)9-13-5-6-17(23-11-13)22-8-7-21/h2-6,11,16,27H,7-10,21H2,1H3,(H,22,23)(H,24,26)/t16-/m0/s1. The molecule has 3 rings (SSSR count). The van der Waals surface area contributed by atoms with Crippen LogP contribution in [-0.4, -0.2) is 47.8 Å². The van der Waals surface area contributed by atoms with Gasteiger partial charge in [0.25, 0.3) is 0 Å². The molecule has 1 amide bonds. The maximum absolute atomic E-state index is 12.4. The molecule has 1 aliphatic rings. The lowest BCUT2D eigenvalue weighted by atomic mass is 9.72. The minimum atomic E-state index is -1.22. The molecular weight excluding hydrogens is 359 g/mol. The van der Waals surface area contributed by atoms with Gasteiger partial charge in [-0.1, -0.05) is 18.2 Å². The summed E-state index contributed by atoms with van der Waals surface area (Å²) in [5, 5.41) is 16.1. The smallest absolute Gasteiger partial charge is 0.534 e. The normalized spacial score (nSPS) is 15.4. The van der Waals surface area contributed by atoms with Gasteiger partial charge in [-0.2, -0.15) is 0 Å². The van der Waals surface area contributed by atoms with Gasteiger partial charge >= 0.3 is 7.12 Å². The van der Waals surface area contributed by atoms with Crippen LogP contribution in [0.15, 0.2) is 36.5 Å². The summed E-state index contributed by atoms with van der Waals surface area (Å²) in [7, 11) is -1.22. The average Bonchev–Trinajstić information content (AvgIpc) is 2.67. The van der Waals surface area contributed by atoms with E-state index < -0.39 is 13.1 Å². The summed E-state index contributed by atoms with van der Waals surface area (Å²) in [6.07, 6.45) is 2.14. The van der Waals surface area contributed by atoms with Gasteiger partial charge in [0.2, 0.25) is 5.91 Å². The number of pyridine rings is 1. The van der Waals surface area contributed by atoms with E-state index in [-0.39, 0.29) is 18.1 Å². The Bertz CT molecular complexity index is 860. The van der Waals surface area contributed by atoms with Crippen molar-refractivity contribution in [3.8, 4) is 5.75 Å². The molecule has 1 atom stereocenters. The first-order valence-electron chi connectivity index (χ1n) is 9.13. The van der Waals surface area contributed by atoms with E-state index in [0.717, 1.165) is 11.1 Å². The molecule has 0 saturated carbocycles. The van der Waals surface area contributed by atoms with Crippen molar-refractivity contribution < 1.29 is 19.3 Å². The lowest BCUT2D eigenvalue weighted by Crippen LogP contribution is -2.53. The Morgan fingerprint density at radius 2 is 2.18 bits per heavy atom. The molecule has 0 aliphatic carbocycles. The average molecular weight is 382 g/mol. The maximum Gasteiger partial charge on any atom is 0.547 e. The SMILES string of the molecule is CC(=O)c1cccc2c1OB(O)[C@@H](NC(=O)Cc1ccc(NCCN)nc1)C2. The summed E-state index contributed by atoms with van der Waals surface area (Å²) in [5.41, 5.74) is 7.39. The second kappa shape index (κ2) is 8.86. The molecule has 0 radical (unpaired) electrons. The van der Waals surface area contributed by atoms with Crippen molar-refractivity contribution in [1.29, 1.82) is 0 Å². The van der Waals surface area contributed by atoms with Crippen molar-refractivity contribution in [3.05, 3.63) is 53.2 Å². The summed E-state index contributed by atoms with van der Waals surface area (Å²) in [4.78, 5) is 28.3. The summed E-state index contributed by atoms with van der Waals surface area (Å²) >= 11 is 0. The number of nitrogens with one attached hydrogen (secondary N) is 2. The Hall–Kier alpha value is -2.91. The Labute approximate surface area is 163 Å². The zero-order valence-electron chi connectivity index (χ0n) is 15.6. The highest BCUT2D eigenvalue weighted by Gasteiger charge is 2.37. The summed E-state index contributed by atoms with van der Waals surface area (Å²) in [5.74, 6) is 0.105. The van der Waals surface area contributed by atoms with Gasteiger partial charge in [-0.15, -0.1) is 0 Å². The topological polar surface area (TPSA) is 127 Å². The number of anilines is 1. The molecule has 0 spiro atoms. The third-order valence-corrected chi connectivity index (χ3v) is 4.48. The number of rotatable bonds is 7. The molecular formula is C19H23BN4O4. The molecule has 146 valence electrons. The monoisotopic (exact) mass is 382 g/mol. The fourth-order valence-corrected chi connectivity index (χ4v) is 3.10. The number of hydrogen-bond acceptors (Lipinski definition) is 7. The summed E-state index contributed by atoms with van der Waals surface area (Å²) in [6.45, 7) is 2.58. The van der Waals surface area contributed by atoms with Gasteiger partial charge < -0.3 is 26.0 Å². The number of carbonyl (C=O) groups is 2. The van der Waals surface area contributed by atoms with Gasteiger partial charge in [0.05, 0.1) is 17.9 Å². The number of ketones is 1. The zero-order valence-corrected chi connectivity index (χ0v) is 15.6. The Kier molecular flexibility index (Phi) is 6.28. The van der Waals surface area contributed by atoms with Gasteiger partial charge in [0.1, 0.15) is 11.6 Å². The number of para-hydroxylation sites is 1. The van der Waals surface area contributed by atoms with Crippen LogP contribution in [0.1, 0.15) is 28.4 Å². The van der Waals surface area contributed by atoms with Crippen LogP contribution in [0.2, 0.25) is 0 Å². The molecule has 28 heavy (non-hydrogen) atoms. The van der Waals surface area contributed by atoms with Gasteiger partial charge in [-0.05, 0) is 36.6 Å². The van der Waals surface area contributed by atoms with E-state index in [1.165, 1.54) is 6.92 Å². The predicted molar refractivity (Wildman–Crippen MR) is 106 cm³/mol. The number of nitrogens with two attached hydrogens (primary N) is 1. The van der Waals surface area contributed by atoms with Crippen molar-refractivity contribution in [2.75, 3.05) is 18.4 Å². The fourth-order valence-electron chi connectivity index (χ4n) is 3.10. The quantitative estimate of drug-likeness (QED) is 0.402. The van der Waals surface area contributed by atoms with E-state index in [1.807, 2.05) is 12.1 Å². The molecule has 2 heterocycles. The Morgan fingerprint density at radius 3 is 2.86 bits per heavy atom. The molecule has 0 saturated heterocycles. The lowest BCUT2D eigenvalue weighted by molar-refractivity contribution is -0.120. The van der Waals surface area contributed by atoms with Crippen molar-refractivity contribution in [2.45, 2.75) is 25.7 Å². The molecule has 5 N–H and O–H groups in total. The molecule has 0 unspecified atom stereocenters. The Morgan fingerprint density at radius 1 is 1.36 bits per heavy atom. The predicted octanol–water partition coefficient (Wildman–Crippen LogP) is 0.337. The number of benzene rings is 1. The highest BCUT2D eigenvalue weighted by molar-refractivity contribution is 6.47. The highest BCUT2D eigenvalue weighted by Crippen LogP contribution is 2.30. The van der Waals surface area contributed by atoms with E-state index in [0.29, 0.717) is 36.6 Å². The van der Waals surface area contributed by atoms with Crippen molar-refractivity contribution in [2.24, 2.45) is 5.73 Å². The van der Waals surface area contributed by atoms with Crippen LogP contribution < -0.4 is 21.0 Å². The van der Waals surface area contributed by atoms with E-state index >= 15 is 0 Å². The van der Waals surface area contributed by atoms with Crippen molar-refractivity contribution >= 4 is 24.6 Å². The van der Waals surface area contributed by atoms with Crippen LogP contribution in [0.4, 0.5) is 5.82 Å². The molecule has 2 aromatic rings. The number of amides is 1. The van der Waals surface area contributed by atoms with E-state index in [4.69, 9.17) is 10.4 Å². The van der Waals surface area contributed by atoms with Gasteiger partial charge in [0.15, 0.2) is 5.78 Å². The molecule has 0 bridgehead atoms. The van der Waals surface area contributed by atoms with Crippen LogP contribution >= 0.6 is 0 Å². The highest BCUT2D eigenvalue weighted by atomic mass is 16.5. The number of Topliss-reactive ketones (excluding diaryl/α,β-unsaturated/α-hetero) is 1. The lowest BCUT2D eigenvalue weighted by Gasteiger charge is -2.29. The van der Waals surface area contributed by atoms with Gasteiger partial charge in [-0.25, -0.2) is 4.98 Å². The first kappa shape index (κ1) is 19.8.